The van der Waals surface area contributed by atoms with Crippen LogP contribution in [-0.4, -0.2) is 17.7 Å². The fourth-order valence-corrected chi connectivity index (χ4v) is 2.64. The van der Waals surface area contributed by atoms with Crippen LogP contribution in [0.25, 0.3) is 0 Å². The molecule has 0 saturated carbocycles. The van der Waals surface area contributed by atoms with Crippen LogP contribution in [0.5, 0.6) is 0 Å². The number of aliphatic hydroxyl groups is 1. The molecule has 0 bridgehead atoms. The average molecular weight is 219 g/mol. The molecular formula is C14H21NO. The molecule has 1 aromatic rings. The standard InChI is InChI=1S/C14H21NO/c1-3-13-5-4-8-15(13)14-7-6-12(10-16)11(2)9-14/h6-7,9,13,16H,3-5,8,10H2,1-2H3. The van der Waals surface area contributed by atoms with Crippen LogP contribution in [0.15, 0.2) is 18.2 Å². The summed E-state index contributed by atoms with van der Waals surface area (Å²) < 4.78 is 0. The van der Waals surface area contributed by atoms with Crippen LogP contribution in [0, 0.1) is 6.92 Å². The molecule has 1 atom stereocenters. The van der Waals surface area contributed by atoms with Crippen LogP contribution in [0.4, 0.5) is 5.69 Å². The predicted molar refractivity (Wildman–Crippen MR) is 67.8 cm³/mol. The Morgan fingerprint density at radius 2 is 2.25 bits per heavy atom. The van der Waals surface area contributed by atoms with Crippen LogP contribution in [0.3, 0.4) is 0 Å². The molecule has 1 fully saturated rings. The summed E-state index contributed by atoms with van der Waals surface area (Å²) in [5, 5.41) is 9.16. The fourth-order valence-electron chi connectivity index (χ4n) is 2.64. The van der Waals surface area contributed by atoms with Gasteiger partial charge in [0.1, 0.15) is 0 Å². The lowest BCUT2D eigenvalue weighted by Gasteiger charge is -2.26. The van der Waals surface area contributed by atoms with E-state index in [0.717, 1.165) is 5.56 Å². The smallest absolute Gasteiger partial charge is 0.0684 e. The van der Waals surface area contributed by atoms with Crippen molar-refractivity contribution in [3.05, 3.63) is 29.3 Å². The van der Waals surface area contributed by atoms with E-state index < -0.39 is 0 Å². The minimum atomic E-state index is 0.142. The first-order chi connectivity index (χ1) is 7.76. The molecule has 1 aliphatic rings. The highest BCUT2D eigenvalue weighted by molar-refractivity contribution is 5.52. The molecule has 1 unspecified atom stereocenters. The van der Waals surface area contributed by atoms with Crippen LogP contribution in [-0.2, 0) is 6.61 Å². The van der Waals surface area contributed by atoms with E-state index in [2.05, 4.69) is 36.9 Å². The van der Waals surface area contributed by atoms with Gasteiger partial charge >= 0.3 is 0 Å². The third-order valence-electron chi connectivity index (χ3n) is 3.68. The summed E-state index contributed by atoms with van der Waals surface area (Å²) >= 11 is 0. The van der Waals surface area contributed by atoms with E-state index in [1.807, 2.05) is 0 Å². The molecule has 2 rings (SSSR count). The Morgan fingerprint density at radius 1 is 1.44 bits per heavy atom. The third kappa shape index (κ3) is 2.07. The maximum atomic E-state index is 9.16. The molecule has 0 aliphatic carbocycles. The Bertz CT molecular complexity index is 362. The summed E-state index contributed by atoms with van der Waals surface area (Å²) in [6.45, 7) is 5.66. The third-order valence-corrected chi connectivity index (χ3v) is 3.68. The quantitative estimate of drug-likeness (QED) is 0.845. The molecule has 0 aromatic heterocycles. The van der Waals surface area contributed by atoms with Gasteiger partial charge in [-0.15, -0.1) is 0 Å². The van der Waals surface area contributed by atoms with E-state index in [1.54, 1.807) is 0 Å². The van der Waals surface area contributed by atoms with Gasteiger partial charge < -0.3 is 10.0 Å². The van der Waals surface area contributed by atoms with Gasteiger partial charge in [-0.1, -0.05) is 13.0 Å². The van der Waals surface area contributed by atoms with E-state index in [1.165, 1.54) is 37.1 Å². The van der Waals surface area contributed by atoms with E-state index in [4.69, 9.17) is 5.11 Å². The molecule has 2 nitrogen and oxygen atoms in total. The normalized spacial score (nSPS) is 20.4. The molecule has 0 amide bonds. The molecule has 0 spiro atoms. The molecule has 1 heterocycles. The van der Waals surface area contributed by atoms with Crippen LogP contribution in [0.1, 0.15) is 37.3 Å². The second-order valence-corrected chi connectivity index (χ2v) is 4.67. The van der Waals surface area contributed by atoms with E-state index in [-0.39, 0.29) is 6.61 Å². The summed E-state index contributed by atoms with van der Waals surface area (Å²) in [6, 6.07) is 7.11. The zero-order valence-electron chi connectivity index (χ0n) is 10.2. The maximum absolute atomic E-state index is 9.16. The van der Waals surface area contributed by atoms with Crippen LogP contribution < -0.4 is 4.90 Å². The van der Waals surface area contributed by atoms with E-state index >= 15 is 0 Å². The SMILES string of the molecule is CCC1CCCN1c1ccc(CO)c(C)c1. The lowest BCUT2D eigenvalue weighted by molar-refractivity contribution is 0.281. The van der Waals surface area contributed by atoms with Crippen molar-refractivity contribution in [2.75, 3.05) is 11.4 Å². The zero-order chi connectivity index (χ0) is 11.5. The Morgan fingerprint density at radius 3 is 2.88 bits per heavy atom. The van der Waals surface area contributed by atoms with Gasteiger partial charge in [-0.05, 0) is 49.4 Å². The van der Waals surface area contributed by atoms with Gasteiger partial charge in [0.05, 0.1) is 6.61 Å². The highest BCUT2D eigenvalue weighted by Gasteiger charge is 2.23. The number of hydrogen-bond acceptors (Lipinski definition) is 2. The summed E-state index contributed by atoms with van der Waals surface area (Å²) in [6.07, 6.45) is 3.84. The lowest BCUT2D eigenvalue weighted by atomic mass is 10.1. The average Bonchev–Trinajstić information content (AvgIpc) is 2.77. The topological polar surface area (TPSA) is 23.5 Å². The lowest BCUT2D eigenvalue weighted by Crippen LogP contribution is -2.28. The van der Waals surface area contributed by atoms with Crippen molar-refractivity contribution in [1.29, 1.82) is 0 Å². The first kappa shape index (κ1) is 11.5. The minimum absolute atomic E-state index is 0.142. The number of aryl methyl sites for hydroxylation is 1. The summed E-state index contributed by atoms with van der Waals surface area (Å²) in [5.74, 6) is 0. The van der Waals surface area contributed by atoms with Crippen molar-refractivity contribution < 1.29 is 5.11 Å². The van der Waals surface area contributed by atoms with Crippen LogP contribution in [0.2, 0.25) is 0 Å². The summed E-state index contributed by atoms with van der Waals surface area (Å²) in [5.41, 5.74) is 3.55. The molecule has 0 radical (unpaired) electrons. The number of hydrogen-bond donors (Lipinski definition) is 1. The molecule has 1 aliphatic heterocycles. The summed E-state index contributed by atoms with van der Waals surface area (Å²) in [4.78, 5) is 2.51. The van der Waals surface area contributed by atoms with Gasteiger partial charge in [-0.3, -0.25) is 0 Å². The highest BCUT2D eigenvalue weighted by atomic mass is 16.3. The molecule has 2 heteroatoms. The van der Waals surface area contributed by atoms with Crippen molar-refractivity contribution in [2.45, 2.75) is 45.8 Å². The van der Waals surface area contributed by atoms with Crippen molar-refractivity contribution in [3.63, 3.8) is 0 Å². The molecule has 1 saturated heterocycles. The number of nitrogens with zero attached hydrogens (tertiary/aromatic N) is 1. The van der Waals surface area contributed by atoms with E-state index in [9.17, 15) is 0 Å². The Kier molecular flexibility index (Phi) is 3.49. The van der Waals surface area contributed by atoms with Crippen molar-refractivity contribution >= 4 is 5.69 Å². The second-order valence-electron chi connectivity index (χ2n) is 4.67. The number of aliphatic hydroxyl groups excluding tert-OH is 1. The first-order valence-corrected chi connectivity index (χ1v) is 6.23. The molecule has 16 heavy (non-hydrogen) atoms. The Labute approximate surface area is 97.9 Å². The monoisotopic (exact) mass is 219 g/mol. The molecule has 1 N–H and O–H groups in total. The number of rotatable bonds is 3. The number of anilines is 1. The van der Waals surface area contributed by atoms with Gasteiger partial charge in [0, 0.05) is 18.3 Å². The highest BCUT2D eigenvalue weighted by Crippen LogP contribution is 2.28. The number of benzene rings is 1. The maximum Gasteiger partial charge on any atom is 0.0684 e. The Hall–Kier alpha value is -1.02. The van der Waals surface area contributed by atoms with Gasteiger partial charge in [-0.25, -0.2) is 0 Å². The van der Waals surface area contributed by atoms with Gasteiger partial charge in [0.2, 0.25) is 0 Å². The molecule has 88 valence electrons. The first-order valence-electron chi connectivity index (χ1n) is 6.23. The summed E-state index contributed by atoms with van der Waals surface area (Å²) in [7, 11) is 0. The predicted octanol–water partition coefficient (Wildman–Crippen LogP) is 2.87. The Balaban J connectivity index is 2.23. The minimum Gasteiger partial charge on any atom is -0.392 e. The second kappa shape index (κ2) is 4.88. The van der Waals surface area contributed by atoms with E-state index in [0.29, 0.717) is 6.04 Å². The largest absolute Gasteiger partial charge is 0.392 e. The van der Waals surface area contributed by atoms with Gasteiger partial charge in [0.25, 0.3) is 0 Å². The fraction of sp³-hybridized carbons (Fsp3) is 0.571. The van der Waals surface area contributed by atoms with Crippen LogP contribution >= 0.6 is 0 Å². The molecular weight excluding hydrogens is 198 g/mol. The van der Waals surface area contributed by atoms with Gasteiger partial charge in [0.15, 0.2) is 0 Å². The van der Waals surface area contributed by atoms with Crippen molar-refractivity contribution in [2.24, 2.45) is 0 Å². The van der Waals surface area contributed by atoms with Gasteiger partial charge in [-0.2, -0.15) is 0 Å². The zero-order valence-corrected chi connectivity index (χ0v) is 10.2. The molecule has 1 aromatic carbocycles. The van der Waals surface area contributed by atoms with Crippen molar-refractivity contribution in [1.82, 2.24) is 0 Å². The van der Waals surface area contributed by atoms with Crippen molar-refractivity contribution in [3.8, 4) is 0 Å².